The van der Waals surface area contributed by atoms with Crippen LogP contribution in [0.3, 0.4) is 0 Å². The van der Waals surface area contributed by atoms with E-state index >= 15 is 0 Å². The first kappa shape index (κ1) is 13.2. The number of benzene rings is 1. The Morgan fingerprint density at radius 2 is 2.28 bits per heavy atom. The predicted molar refractivity (Wildman–Crippen MR) is 70.0 cm³/mol. The van der Waals surface area contributed by atoms with Crippen molar-refractivity contribution >= 4 is 5.78 Å². The molecule has 0 aromatic heterocycles. The van der Waals surface area contributed by atoms with Crippen LogP contribution in [0.5, 0.6) is 0 Å². The van der Waals surface area contributed by atoms with Crippen LogP contribution in [-0.2, 0) is 9.47 Å². The Bertz CT molecular complexity index is 420. The summed E-state index contributed by atoms with van der Waals surface area (Å²) < 4.78 is 10.8. The van der Waals surface area contributed by atoms with E-state index in [4.69, 9.17) is 9.47 Å². The van der Waals surface area contributed by atoms with Gasteiger partial charge in [0, 0.05) is 18.1 Å². The van der Waals surface area contributed by atoms with Crippen molar-refractivity contribution in [1.29, 1.82) is 0 Å². The van der Waals surface area contributed by atoms with E-state index in [9.17, 15) is 4.79 Å². The summed E-state index contributed by atoms with van der Waals surface area (Å²) in [5.74, 6) is 0.517. The molecule has 0 spiro atoms. The summed E-state index contributed by atoms with van der Waals surface area (Å²) in [7, 11) is 0. The van der Waals surface area contributed by atoms with Gasteiger partial charge in [0.2, 0.25) is 0 Å². The number of hydrogen-bond acceptors (Lipinski definition) is 3. The maximum atomic E-state index is 12.0. The van der Waals surface area contributed by atoms with E-state index in [0.29, 0.717) is 12.5 Å². The first-order valence-electron chi connectivity index (χ1n) is 6.43. The molecule has 3 heteroatoms. The number of hydrogen-bond donors (Lipinski definition) is 0. The lowest BCUT2D eigenvalue weighted by Crippen LogP contribution is -2.16. The van der Waals surface area contributed by atoms with E-state index < -0.39 is 0 Å². The molecule has 1 fully saturated rings. The maximum Gasteiger partial charge on any atom is 0.188 e. The zero-order chi connectivity index (χ0) is 13.0. The third kappa shape index (κ3) is 3.40. The number of ether oxygens (including phenoxy) is 2. The molecule has 2 rings (SSSR count). The molecule has 1 aliphatic rings. The van der Waals surface area contributed by atoms with Gasteiger partial charge in [-0.25, -0.2) is 0 Å². The molecule has 0 saturated carbocycles. The fourth-order valence-corrected chi connectivity index (χ4v) is 2.24. The monoisotopic (exact) mass is 248 g/mol. The highest BCUT2D eigenvalue weighted by Gasteiger charge is 2.16. The molecule has 18 heavy (non-hydrogen) atoms. The number of ketones is 1. The quantitative estimate of drug-likeness (QED) is 0.751. The van der Waals surface area contributed by atoms with Crippen LogP contribution >= 0.6 is 0 Å². The minimum absolute atomic E-state index is 0.0615. The van der Waals surface area contributed by atoms with Gasteiger partial charge in [-0.1, -0.05) is 23.8 Å². The summed E-state index contributed by atoms with van der Waals surface area (Å²) in [5.41, 5.74) is 2.96. The Hall–Kier alpha value is -1.19. The van der Waals surface area contributed by atoms with Crippen molar-refractivity contribution < 1.29 is 14.3 Å². The van der Waals surface area contributed by atoms with Crippen LogP contribution in [0.15, 0.2) is 18.2 Å². The minimum Gasteiger partial charge on any atom is -0.381 e. The van der Waals surface area contributed by atoms with Gasteiger partial charge in [0.1, 0.15) is 6.61 Å². The van der Waals surface area contributed by atoms with Gasteiger partial charge in [-0.05, 0) is 25.8 Å². The fraction of sp³-hybridized carbons (Fsp3) is 0.533. The van der Waals surface area contributed by atoms with E-state index in [1.165, 1.54) is 5.56 Å². The van der Waals surface area contributed by atoms with Crippen LogP contribution in [0.4, 0.5) is 0 Å². The summed E-state index contributed by atoms with van der Waals surface area (Å²) in [6.07, 6.45) is 1.04. The molecule has 1 aromatic carbocycles. The van der Waals surface area contributed by atoms with Crippen molar-refractivity contribution in [3.05, 3.63) is 34.9 Å². The van der Waals surface area contributed by atoms with E-state index in [-0.39, 0.29) is 12.4 Å². The Balaban J connectivity index is 1.83. The topological polar surface area (TPSA) is 35.5 Å². The average molecular weight is 248 g/mol. The molecule has 1 aromatic rings. The molecule has 3 nitrogen and oxygen atoms in total. The molecule has 1 atom stereocenters. The molecule has 0 aliphatic carbocycles. The smallest absolute Gasteiger partial charge is 0.188 e. The molecule has 0 bridgehead atoms. The Labute approximate surface area is 108 Å². The highest BCUT2D eigenvalue weighted by Crippen LogP contribution is 2.14. The molecule has 0 amide bonds. The highest BCUT2D eigenvalue weighted by atomic mass is 16.5. The molecule has 98 valence electrons. The van der Waals surface area contributed by atoms with Gasteiger partial charge in [0.25, 0.3) is 0 Å². The summed E-state index contributed by atoms with van der Waals surface area (Å²) in [6.45, 7) is 6.36. The SMILES string of the molecule is Cc1ccc(C(=O)COCC2CCOC2)c(C)c1. The van der Waals surface area contributed by atoms with Gasteiger partial charge in [-0.2, -0.15) is 0 Å². The van der Waals surface area contributed by atoms with Crippen LogP contribution < -0.4 is 0 Å². The second-order valence-corrected chi connectivity index (χ2v) is 4.99. The number of carbonyl (C=O) groups excluding carboxylic acids is 1. The zero-order valence-electron chi connectivity index (χ0n) is 11.1. The summed E-state index contributed by atoms with van der Waals surface area (Å²) in [5, 5.41) is 0. The normalized spacial score (nSPS) is 19.1. The van der Waals surface area contributed by atoms with Gasteiger partial charge in [-0.15, -0.1) is 0 Å². The van der Waals surface area contributed by atoms with Crippen molar-refractivity contribution in [3.8, 4) is 0 Å². The van der Waals surface area contributed by atoms with Gasteiger partial charge < -0.3 is 9.47 Å². The number of aryl methyl sites for hydroxylation is 2. The first-order valence-corrected chi connectivity index (χ1v) is 6.43. The lowest BCUT2D eigenvalue weighted by Gasteiger charge is -2.09. The third-order valence-corrected chi connectivity index (χ3v) is 3.29. The Morgan fingerprint density at radius 1 is 1.44 bits per heavy atom. The predicted octanol–water partition coefficient (Wildman–Crippen LogP) is 2.54. The largest absolute Gasteiger partial charge is 0.381 e. The van der Waals surface area contributed by atoms with E-state index in [1.807, 2.05) is 32.0 Å². The van der Waals surface area contributed by atoms with E-state index in [2.05, 4.69) is 0 Å². The second-order valence-electron chi connectivity index (χ2n) is 4.99. The van der Waals surface area contributed by atoms with E-state index in [1.54, 1.807) is 0 Å². The van der Waals surface area contributed by atoms with Crippen LogP contribution in [0, 0.1) is 19.8 Å². The fourth-order valence-electron chi connectivity index (χ4n) is 2.24. The van der Waals surface area contributed by atoms with Crippen molar-refractivity contribution in [1.82, 2.24) is 0 Å². The second kappa shape index (κ2) is 6.12. The molecule has 0 N–H and O–H groups in total. The highest BCUT2D eigenvalue weighted by molar-refractivity contribution is 5.98. The van der Waals surface area contributed by atoms with Gasteiger partial charge in [0.05, 0.1) is 13.2 Å². The lowest BCUT2D eigenvalue weighted by atomic mass is 10.0. The number of carbonyl (C=O) groups is 1. The maximum absolute atomic E-state index is 12.0. The Kier molecular flexibility index (Phi) is 4.50. The molecule has 1 saturated heterocycles. The summed E-state index contributed by atoms with van der Waals surface area (Å²) in [4.78, 5) is 12.0. The van der Waals surface area contributed by atoms with E-state index in [0.717, 1.165) is 30.8 Å². The van der Waals surface area contributed by atoms with Crippen LogP contribution in [0.2, 0.25) is 0 Å². The van der Waals surface area contributed by atoms with Crippen LogP contribution in [0.1, 0.15) is 27.9 Å². The third-order valence-electron chi connectivity index (χ3n) is 3.29. The van der Waals surface area contributed by atoms with Gasteiger partial charge in [0.15, 0.2) is 5.78 Å². The molecular weight excluding hydrogens is 228 g/mol. The van der Waals surface area contributed by atoms with Crippen LogP contribution in [0.25, 0.3) is 0 Å². The number of Topliss-reactive ketones (excluding diaryl/α,β-unsaturated/α-hetero) is 1. The lowest BCUT2D eigenvalue weighted by molar-refractivity contribution is 0.0651. The van der Waals surface area contributed by atoms with Crippen molar-refractivity contribution in [3.63, 3.8) is 0 Å². The average Bonchev–Trinajstić information content (AvgIpc) is 2.81. The Morgan fingerprint density at radius 3 is 2.94 bits per heavy atom. The molecular formula is C15H20O3. The van der Waals surface area contributed by atoms with Crippen molar-refractivity contribution in [2.24, 2.45) is 5.92 Å². The number of rotatable bonds is 5. The van der Waals surface area contributed by atoms with Gasteiger partial charge >= 0.3 is 0 Å². The molecule has 1 unspecified atom stereocenters. The molecule has 1 heterocycles. The zero-order valence-corrected chi connectivity index (χ0v) is 11.1. The standard InChI is InChI=1S/C15H20O3/c1-11-3-4-14(12(2)7-11)15(16)10-18-9-13-5-6-17-8-13/h3-4,7,13H,5-6,8-10H2,1-2H3. The van der Waals surface area contributed by atoms with Crippen molar-refractivity contribution in [2.45, 2.75) is 20.3 Å². The van der Waals surface area contributed by atoms with Gasteiger partial charge in [-0.3, -0.25) is 4.79 Å². The molecule has 0 radical (unpaired) electrons. The van der Waals surface area contributed by atoms with Crippen LogP contribution in [-0.4, -0.2) is 32.2 Å². The molecule has 1 aliphatic heterocycles. The first-order chi connectivity index (χ1) is 8.66. The van der Waals surface area contributed by atoms with Crippen molar-refractivity contribution in [2.75, 3.05) is 26.4 Å². The minimum atomic E-state index is 0.0615. The summed E-state index contributed by atoms with van der Waals surface area (Å²) >= 11 is 0. The summed E-state index contributed by atoms with van der Waals surface area (Å²) in [6, 6.07) is 5.87.